The number of rotatable bonds is 0. The first-order valence-corrected chi connectivity index (χ1v) is 1.87. The zero-order valence-electron chi connectivity index (χ0n) is 4.08. The topological polar surface area (TPSA) is 0 Å². The second-order valence-corrected chi connectivity index (χ2v) is 1.37. The van der Waals surface area contributed by atoms with E-state index < -0.39 is 0 Å². The molecule has 0 saturated heterocycles. The van der Waals surface area contributed by atoms with Crippen molar-refractivity contribution in [2.45, 2.75) is 6.92 Å². The van der Waals surface area contributed by atoms with Crippen LogP contribution in [0.2, 0.25) is 0 Å². The summed E-state index contributed by atoms with van der Waals surface area (Å²) < 4.78 is 1.38. The second kappa shape index (κ2) is 3.14. The summed E-state index contributed by atoms with van der Waals surface area (Å²) in [6.07, 6.45) is 2.08. The minimum atomic E-state index is 1.38. The van der Waals surface area contributed by atoms with Crippen molar-refractivity contribution in [3.05, 3.63) is 9.00 Å². The summed E-state index contributed by atoms with van der Waals surface area (Å²) in [6, 6.07) is 0. The Morgan fingerprint density at radius 3 is 1.80 bits per heavy atom. The van der Waals surface area contributed by atoms with Gasteiger partial charge in [-0.3, -0.25) is 0 Å². The van der Waals surface area contributed by atoms with Gasteiger partial charge in [-0.05, 0) is 0 Å². The van der Waals surface area contributed by atoms with Gasteiger partial charge in [0.2, 0.25) is 0 Å². The standard InChI is InChI=1S/C3H4.2Li/c1-3-2;;/h3H,1H3;;. The predicted octanol–water partition coefficient (Wildman–Crippen LogP) is 0.185. The maximum atomic E-state index is 2.08. The van der Waals surface area contributed by atoms with E-state index in [1.165, 1.54) is 2.92 Å². The normalized spacial score (nSPS) is 7.40. The maximum absolute atomic E-state index is 2.08. The molecule has 0 amide bonds. The van der Waals surface area contributed by atoms with Gasteiger partial charge in [0.1, 0.15) is 0 Å². The van der Waals surface area contributed by atoms with Gasteiger partial charge in [-0.1, -0.05) is 0 Å². The fourth-order valence-corrected chi connectivity index (χ4v) is 0. The summed E-state index contributed by atoms with van der Waals surface area (Å²) in [5, 5.41) is 0. The molecule has 0 saturated carbocycles. The van der Waals surface area contributed by atoms with Crippen LogP contribution >= 0.6 is 0 Å². The monoisotopic (exact) mass is 54.1 g/mol. The van der Waals surface area contributed by atoms with Crippen LogP contribution in [0.1, 0.15) is 6.92 Å². The van der Waals surface area contributed by atoms with Crippen LogP contribution in [0.15, 0.2) is 9.00 Å². The van der Waals surface area contributed by atoms with Gasteiger partial charge in [0.15, 0.2) is 0 Å². The molecule has 0 aliphatic carbocycles. The Kier molecular flexibility index (Phi) is 3.72. The van der Waals surface area contributed by atoms with E-state index in [0.717, 1.165) is 0 Å². The van der Waals surface area contributed by atoms with Crippen LogP contribution in [0.4, 0.5) is 0 Å². The van der Waals surface area contributed by atoms with Crippen LogP contribution in [0.25, 0.3) is 0 Å². The molecule has 0 N–H and O–H groups in total. The summed E-state index contributed by atoms with van der Waals surface area (Å²) in [7, 11) is 0. The Bertz CT molecular complexity index is 42.9. The number of allylic oxidation sites excluding steroid dienone is 1. The van der Waals surface area contributed by atoms with Crippen molar-refractivity contribution in [1.82, 2.24) is 0 Å². The van der Waals surface area contributed by atoms with Crippen molar-refractivity contribution < 1.29 is 0 Å². The van der Waals surface area contributed by atoms with Gasteiger partial charge >= 0.3 is 51.3 Å². The fraction of sp³-hybridized carbons (Fsp3) is 0.333. The quantitative estimate of drug-likeness (QED) is 0.346. The van der Waals surface area contributed by atoms with Crippen LogP contribution in [-0.4, -0.2) is 35.4 Å². The zero-order valence-corrected chi connectivity index (χ0v) is 4.08. The summed E-state index contributed by atoms with van der Waals surface area (Å²) in [5.74, 6) is 0. The van der Waals surface area contributed by atoms with Crippen LogP contribution in [0, 0.1) is 0 Å². The first-order valence-electron chi connectivity index (χ1n) is 1.87. The molecule has 18 valence electrons. The third kappa shape index (κ3) is 4.93. The van der Waals surface area contributed by atoms with Crippen molar-refractivity contribution in [2.24, 2.45) is 0 Å². The molecule has 0 rings (SSSR count). The third-order valence-corrected chi connectivity index (χ3v) is 0.577. The van der Waals surface area contributed by atoms with E-state index >= 15 is 0 Å². The number of hydrogen-bond acceptors (Lipinski definition) is 0. The second-order valence-electron chi connectivity index (χ2n) is 1.37. The zero-order chi connectivity index (χ0) is 4.28. The minimum absolute atomic E-state index is 1.38. The van der Waals surface area contributed by atoms with Crippen molar-refractivity contribution in [3.8, 4) is 0 Å². The van der Waals surface area contributed by atoms with E-state index in [9.17, 15) is 0 Å². The van der Waals surface area contributed by atoms with Gasteiger partial charge in [0, 0.05) is 0 Å². The molecule has 0 aliphatic rings. The molecule has 0 radical (unpaired) electrons. The Labute approximate surface area is 51.4 Å². The van der Waals surface area contributed by atoms with Gasteiger partial charge in [0.05, 0.1) is 0 Å². The van der Waals surface area contributed by atoms with E-state index in [-0.39, 0.29) is 0 Å². The SMILES string of the molecule is [Li][C]([Li])=CC. The van der Waals surface area contributed by atoms with Gasteiger partial charge in [-0.25, -0.2) is 0 Å². The number of hydrogen-bond donors (Lipinski definition) is 0. The van der Waals surface area contributed by atoms with Crippen LogP contribution in [0.5, 0.6) is 0 Å². The first kappa shape index (κ1) is 5.93. The molecule has 0 spiro atoms. The van der Waals surface area contributed by atoms with Crippen LogP contribution < -0.4 is 0 Å². The van der Waals surface area contributed by atoms with Crippen molar-refractivity contribution >= 4 is 35.4 Å². The molecule has 0 heterocycles. The summed E-state index contributed by atoms with van der Waals surface area (Å²) >= 11 is 4.17. The molecule has 0 bridgehead atoms. The molecule has 0 aliphatic heterocycles. The van der Waals surface area contributed by atoms with E-state index in [0.29, 0.717) is 0 Å². The van der Waals surface area contributed by atoms with E-state index in [1.807, 2.05) is 6.92 Å². The Morgan fingerprint density at radius 1 is 1.60 bits per heavy atom. The first-order chi connectivity index (χ1) is 2.27. The van der Waals surface area contributed by atoms with Crippen LogP contribution in [0.3, 0.4) is 0 Å². The molecule has 0 unspecified atom stereocenters. The molecule has 0 fully saturated rings. The molecular weight excluding hydrogens is 49.9 g/mol. The van der Waals surface area contributed by atoms with Gasteiger partial charge < -0.3 is 0 Å². The van der Waals surface area contributed by atoms with E-state index in [4.69, 9.17) is 0 Å². The average molecular weight is 53.9 g/mol. The third-order valence-electron chi connectivity index (χ3n) is 0.577. The average Bonchev–Trinajstić information content (AvgIpc) is 1.38. The van der Waals surface area contributed by atoms with Crippen molar-refractivity contribution in [2.75, 3.05) is 0 Å². The molecular formula is C3H4Li2. The van der Waals surface area contributed by atoms with Gasteiger partial charge in [-0.15, -0.1) is 0 Å². The fourth-order valence-electron chi connectivity index (χ4n) is 0. The Morgan fingerprint density at radius 2 is 1.80 bits per heavy atom. The van der Waals surface area contributed by atoms with Crippen molar-refractivity contribution in [1.29, 1.82) is 0 Å². The molecule has 0 aromatic rings. The molecule has 0 nitrogen and oxygen atoms in total. The molecule has 5 heavy (non-hydrogen) atoms. The predicted molar refractivity (Wildman–Crippen MR) is 25.3 cm³/mol. The van der Waals surface area contributed by atoms with Gasteiger partial charge in [0.25, 0.3) is 0 Å². The Hall–Kier alpha value is 0.935. The van der Waals surface area contributed by atoms with Crippen LogP contribution in [-0.2, 0) is 0 Å². The molecule has 0 atom stereocenters. The molecule has 0 aromatic carbocycles. The molecule has 0 aromatic heterocycles. The Balaban J connectivity index is 3.14. The summed E-state index contributed by atoms with van der Waals surface area (Å²) in [5.41, 5.74) is 0. The molecule has 2 heteroatoms. The summed E-state index contributed by atoms with van der Waals surface area (Å²) in [6.45, 7) is 2.04. The van der Waals surface area contributed by atoms with Gasteiger partial charge in [-0.2, -0.15) is 0 Å². The van der Waals surface area contributed by atoms with E-state index in [1.54, 1.807) is 0 Å². The summed E-state index contributed by atoms with van der Waals surface area (Å²) in [4.78, 5) is 0. The van der Waals surface area contributed by atoms with Crippen molar-refractivity contribution in [3.63, 3.8) is 0 Å². The van der Waals surface area contributed by atoms with E-state index in [2.05, 4.69) is 41.5 Å².